The topological polar surface area (TPSA) is 68.0 Å². The molecular weight excluding hydrogens is 364 g/mol. The van der Waals surface area contributed by atoms with Crippen LogP contribution in [0.25, 0.3) is 11.0 Å². The molecule has 0 aliphatic heterocycles. The van der Waals surface area contributed by atoms with Gasteiger partial charge in [0.05, 0.1) is 27.9 Å². The molecule has 0 fully saturated rings. The van der Waals surface area contributed by atoms with E-state index in [1.807, 2.05) is 31.2 Å². The summed E-state index contributed by atoms with van der Waals surface area (Å²) in [6, 6.07) is 7.91. The number of amides is 1. The molecule has 3 aromatic rings. The Morgan fingerprint density at radius 1 is 1.26 bits per heavy atom. The number of nitrogens with zero attached hydrogens (tertiary/aromatic N) is 5. The predicted molar refractivity (Wildman–Crippen MR) is 108 cm³/mol. The second kappa shape index (κ2) is 8.54. The van der Waals surface area contributed by atoms with E-state index >= 15 is 0 Å². The minimum Gasteiger partial charge on any atom is -0.309 e. The van der Waals surface area contributed by atoms with Crippen molar-refractivity contribution in [3.05, 3.63) is 41.2 Å². The molecule has 1 aromatic carbocycles. The molecule has 0 spiro atoms. The number of anilines is 1. The van der Waals surface area contributed by atoms with E-state index in [0.717, 1.165) is 42.9 Å². The third-order valence-electron chi connectivity index (χ3n) is 4.78. The van der Waals surface area contributed by atoms with E-state index in [1.165, 1.54) is 0 Å². The second-order valence-electron chi connectivity index (χ2n) is 6.39. The average Bonchev–Trinajstić information content (AvgIpc) is 3.17. The van der Waals surface area contributed by atoms with Crippen LogP contribution in [0.2, 0.25) is 5.02 Å². The number of imidazole rings is 1. The maximum absolute atomic E-state index is 12.5. The first-order valence-electron chi connectivity index (χ1n) is 9.18. The van der Waals surface area contributed by atoms with Crippen LogP contribution in [0.1, 0.15) is 19.5 Å². The summed E-state index contributed by atoms with van der Waals surface area (Å²) in [5.41, 5.74) is 2.64. The molecule has 0 aliphatic rings. The number of carbonyl (C=O) groups excluding carboxylic acids is 1. The van der Waals surface area contributed by atoms with Gasteiger partial charge in [-0.1, -0.05) is 37.6 Å². The second-order valence-corrected chi connectivity index (χ2v) is 6.79. The standard InChI is InChI=1S/C19H25ClN6O/c1-4-24(5-2)10-11-25-17-9-7-6-8-16(17)22-19(25)23-18(27)13-26-14(3)15(20)12-21-26/h6-9,12H,4-5,10-11,13H2,1-3H3,(H,22,23,27). The Morgan fingerprint density at radius 2 is 2.00 bits per heavy atom. The molecule has 2 heterocycles. The third-order valence-corrected chi connectivity index (χ3v) is 5.15. The van der Waals surface area contributed by atoms with Gasteiger partial charge in [-0.15, -0.1) is 0 Å². The van der Waals surface area contributed by atoms with Crippen LogP contribution in [0.3, 0.4) is 0 Å². The molecule has 0 saturated heterocycles. The van der Waals surface area contributed by atoms with Gasteiger partial charge < -0.3 is 9.47 Å². The molecule has 3 rings (SSSR count). The molecule has 1 N–H and O–H groups in total. The Balaban J connectivity index is 1.81. The lowest BCUT2D eigenvalue weighted by atomic mass is 10.3. The number of aromatic nitrogens is 4. The lowest BCUT2D eigenvalue weighted by Crippen LogP contribution is -2.28. The van der Waals surface area contributed by atoms with Crippen molar-refractivity contribution in [1.29, 1.82) is 0 Å². The molecule has 0 atom stereocenters. The molecule has 0 unspecified atom stereocenters. The number of fused-ring (bicyclic) bond motifs is 1. The van der Waals surface area contributed by atoms with E-state index in [9.17, 15) is 4.79 Å². The molecule has 2 aromatic heterocycles. The highest BCUT2D eigenvalue weighted by Gasteiger charge is 2.15. The van der Waals surface area contributed by atoms with Crippen LogP contribution in [0.15, 0.2) is 30.5 Å². The van der Waals surface area contributed by atoms with E-state index in [-0.39, 0.29) is 12.5 Å². The van der Waals surface area contributed by atoms with Gasteiger partial charge in [0.25, 0.3) is 0 Å². The highest BCUT2D eigenvalue weighted by molar-refractivity contribution is 6.31. The zero-order chi connectivity index (χ0) is 19.4. The van der Waals surface area contributed by atoms with Crippen LogP contribution in [0, 0.1) is 6.92 Å². The maximum Gasteiger partial charge on any atom is 0.248 e. The van der Waals surface area contributed by atoms with E-state index in [4.69, 9.17) is 11.6 Å². The van der Waals surface area contributed by atoms with Crippen molar-refractivity contribution in [3.8, 4) is 0 Å². The number of para-hydroxylation sites is 2. The van der Waals surface area contributed by atoms with E-state index in [1.54, 1.807) is 10.9 Å². The Morgan fingerprint density at radius 3 is 2.67 bits per heavy atom. The van der Waals surface area contributed by atoms with Gasteiger partial charge in [-0.25, -0.2) is 4.98 Å². The summed E-state index contributed by atoms with van der Waals surface area (Å²) in [6.45, 7) is 9.86. The number of likely N-dealkylation sites (N-methyl/N-ethyl adjacent to an activating group) is 1. The summed E-state index contributed by atoms with van der Waals surface area (Å²) < 4.78 is 3.65. The highest BCUT2D eigenvalue weighted by atomic mass is 35.5. The largest absolute Gasteiger partial charge is 0.309 e. The van der Waals surface area contributed by atoms with Gasteiger partial charge in [-0.05, 0) is 32.1 Å². The van der Waals surface area contributed by atoms with E-state index in [2.05, 4.69) is 38.7 Å². The van der Waals surface area contributed by atoms with Gasteiger partial charge in [0.2, 0.25) is 11.9 Å². The number of hydrogen-bond donors (Lipinski definition) is 1. The minimum absolute atomic E-state index is 0.0950. The summed E-state index contributed by atoms with van der Waals surface area (Å²) in [4.78, 5) is 19.5. The normalized spacial score (nSPS) is 11.4. The predicted octanol–water partition coefficient (Wildman–Crippen LogP) is 3.18. The maximum atomic E-state index is 12.5. The minimum atomic E-state index is -0.183. The van der Waals surface area contributed by atoms with Crippen LogP contribution in [-0.2, 0) is 17.9 Å². The lowest BCUT2D eigenvalue weighted by Gasteiger charge is -2.19. The Kier molecular flexibility index (Phi) is 6.13. The summed E-state index contributed by atoms with van der Waals surface area (Å²) in [6.07, 6.45) is 1.55. The van der Waals surface area contributed by atoms with Crippen LogP contribution >= 0.6 is 11.6 Å². The molecule has 0 radical (unpaired) electrons. The molecule has 27 heavy (non-hydrogen) atoms. The van der Waals surface area contributed by atoms with Crippen molar-refractivity contribution in [2.24, 2.45) is 0 Å². The van der Waals surface area contributed by atoms with Crippen molar-refractivity contribution in [3.63, 3.8) is 0 Å². The molecule has 144 valence electrons. The number of hydrogen-bond acceptors (Lipinski definition) is 4. The van der Waals surface area contributed by atoms with Crippen molar-refractivity contribution < 1.29 is 4.79 Å². The van der Waals surface area contributed by atoms with Crippen molar-refractivity contribution in [1.82, 2.24) is 24.2 Å². The fraction of sp³-hybridized carbons (Fsp3) is 0.421. The fourth-order valence-electron chi connectivity index (χ4n) is 3.06. The van der Waals surface area contributed by atoms with Crippen molar-refractivity contribution in [2.45, 2.75) is 33.9 Å². The number of benzene rings is 1. The van der Waals surface area contributed by atoms with Gasteiger partial charge in [-0.3, -0.25) is 14.8 Å². The van der Waals surface area contributed by atoms with Crippen LogP contribution < -0.4 is 5.32 Å². The van der Waals surface area contributed by atoms with Gasteiger partial charge in [0.1, 0.15) is 6.54 Å². The quantitative estimate of drug-likeness (QED) is 0.643. The van der Waals surface area contributed by atoms with Crippen LogP contribution in [0.5, 0.6) is 0 Å². The SMILES string of the molecule is CCN(CC)CCn1c(NC(=O)Cn2ncc(Cl)c2C)nc2ccccc21. The number of carbonyl (C=O) groups is 1. The van der Waals surface area contributed by atoms with Gasteiger partial charge >= 0.3 is 0 Å². The van der Waals surface area contributed by atoms with Crippen LogP contribution in [-0.4, -0.2) is 49.8 Å². The number of halogens is 1. The zero-order valence-corrected chi connectivity index (χ0v) is 16.7. The molecule has 7 nitrogen and oxygen atoms in total. The molecule has 0 bridgehead atoms. The zero-order valence-electron chi connectivity index (χ0n) is 15.9. The molecular formula is C19H25ClN6O. The lowest BCUT2D eigenvalue weighted by molar-refractivity contribution is -0.117. The van der Waals surface area contributed by atoms with Crippen molar-refractivity contribution in [2.75, 3.05) is 25.0 Å². The van der Waals surface area contributed by atoms with Crippen molar-refractivity contribution >= 4 is 34.5 Å². The number of nitrogens with one attached hydrogen (secondary N) is 1. The molecule has 0 saturated carbocycles. The highest BCUT2D eigenvalue weighted by Crippen LogP contribution is 2.20. The summed E-state index contributed by atoms with van der Waals surface area (Å²) in [7, 11) is 0. The molecule has 1 amide bonds. The van der Waals surface area contributed by atoms with Crippen LogP contribution in [0.4, 0.5) is 5.95 Å². The first kappa shape index (κ1) is 19.4. The fourth-order valence-corrected chi connectivity index (χ4v) is 3.20. The Hall–Kier alpha value is -2.38. The van der Waals surface area contributed by atoms with Gasteiger partial charge in [-0.2, -0.15) is 5.10 Å². The smallest absolute Gasteiger partial charge is 0.248 e. The monoisotopic (exact) mass is 388 g/mol. The van der Waals surface area contributed by atoms with E-state index < -0.39 is 0 Å². The van der Waals surface area contributed by atoms with E-state index in [0.29, 0.717) is 11.0 Å². The first-order valence-corrected chi connectivity index (χ1v) is 9.56. The van der Waals surface area contributed by atoms with Gasteiger partial charge in [0.15, 0.2) is 0 Å². The number of rotatable bonds is 8. The third kappa shape index (κ3) is 4.31. The average molecular weight is 389 g/mol. The Bertz CT molecular complexity index is 928. The molecule has 8 heteroatoms. The summed E-state index contributed by atoms with van der Waals surface area (Å²) in [5.74, 6) is 0.376. The summed E-state index contributed by atoms with van der Waals surface area (Å²) >= 11 is 6.01. The molecule has 0 aliphatic carbocycles. The summed E-state index contributed by atoms with van der Waals surface area (Å²) in [5, 5.41) is 7.62. The van der Waals surface area contributed by atoms with Gasteiger partial charge in [0, 0.05) is 13.1 Å². The first-order chi connectivity index (χ1) is 13.0. The Labute approximate surface area is 163 Å².